The van der Waals surface area contributed by atoms with Gasteiger partial charge in [0, 0.05) is 19.4 Å². The minimum atomic E-state index is 0.205. The normalized spacial score (nSPS) is 40.0. The van der Waals surface area contributed by atoms with Crippen LogP contribution in [0.4, 0.5) is 0 Å². The highest BCUT2D eigenvalue weighted by Crippen LogP contribution is 2.60. The summed E-state index contributed by atoms with van der Waals surface area (Å²) in [6.45, 7) is 9.54. The fraction of sp³-hybridized carbons (Fsp3) is 0.762. The van der Waals surface area contributed by atoms with E-state index >= 15 is 0 Å². The van der Waals surface area contributed by atoms with Crippen LogP contribution in [0.1, 0.15) is 57.2 Å². The zero-order valence-corrected chi connectivity index (χ0v) is 16.0. The molecule has 4 rings (SSSR count). The Kier molecular flexibility index (Phi) is 5.13. The molecule has 1 aromatic rings. The van der Waals surface area contributed by atoms with Gasteiger partial charge in [0.25, 0.3) is 0 Å². The van der Waals surface area contributed by atoms with Gasteiger partial charge >= 0.3 is 0 Å². The summed E-state index contributed by atoms with van der Waals surface area (Å²) in [5.74, 6) is 1.87. The molecule has 140 valence electrons. The molecule has 0 bridgehead atoms. The number of fused-ring (bicyclic) bond motifs is 2. The van der Waals surface area contributed by atoms with Crippen molar-refractivity contribution in [2.75, 3.05) is 13.7 Å². The van der Waals surface area contributed by atoms with Crippen LogP contribution >= 0.6 is 0 Å². The molecule has 0 radical (unpaired) electrons. The second-order valence-electron chi connectivity index (χ2n) is 8.87. The first-order valence-corrected chi connectivity index (χ1v) is 9.72. The highest BCUT2D eigenvalue weighted by molar-refractivity contribution is 5.25. The van der Waals surface area contributed by atoms with Crippen molar-refractivity contribution < 1.29 is 10.2 Å². The molecule has 4 nitrogen and oxygen atoms in total. The second kappa shape index (κ2) is 6.88. The van der Waals surface area contributed by atoms with Crippen LogP contribution in [0.5, 0.6) is 0 Å². The van der Waals surface area contributed by atoms with Crippen molar-refractivity contribution in [2.45, 2.75) is 58.8 Å². The first kappa shape index (κ1) is 18.7. The highest BCUT2D eigenvalue weighted by atomic mass is 16.3. The standard InChI is InChI=1S/C20H30N2O.CH4O/c1-13-4-5-15-8-16(6-7-19(13,15)2)20(3)10-14-11-21-22-18(14)9-17(20)12-23;1-2/h11,15-17,23H,1,4-10,12H2,2-3H3,(H,21,22);2H,1H3. The zero-order chi connectivity index (χ0) is 18.2. The van der Waals surface area contributed by atoms with E-state index < -0.39 is 0 Å². The third-order valence-electron chi connectivity index (χ3n) is 8.00. The molecule has 4 heteroatoms. The zero-order valence-electron chi connectivity index (χ0n) is 16.0. The average Bonchev–Trinajstić information content (AvgIpc) is 3.19. The molecule has 2 saturated carbocycles. The SMILES string of the molecule is C=C1CCC2CC(C3(C)Cc4cn[nH]c4CC3CO)CCC12C.CO. The van der Waals surface area contributed by atoms with Gasteiger partial charge in [-0.25, -0.2) is 0 Å². The van der Waals surface area contributed by atoms with Crippen molar-refractivity contribution in [3.05, 3.63) is 29.6 Å². The van der Waals surface area contributed by atoms with Gasteiger partial charge in [-0.2, -0.15) is 5.10 Å². The predicted octanol–water partition coefficient (Wildman–Crippen LogP) is 3.50. The lowest BCUT2D eigenvalue weighted by molar-refractivity contribution is -0.0130. The highest BCUT2D eigenvalue weighted by Gasteiger charge is 2.52. The number of nitrogens with zero attached hydrogens (tertiary/aromatic N) is 1. The van der Waals surface area contributed by atoms with Crippen LogP contribution < -0.4 is 0 Å². The molecule has 3 N–H and O–H groups in total. The van der Waals surface area contributed by atoms with Crippen LogP contribution in [0.2, 0.25) is 0 Å². The molecular weight excluding hydrogens is 312 g/mol. The molecule has 0 saturated heterocycles. The van der Waals surface area contributed by atoms with E-state index in [1.165, 1.54) is 48.9 Å². The number of H-pyrrole nitrogens is 1. The Labute approximate surface area is 151 Å². The Balaban J connectivity index is 0.000000880. The van der Waals surface area contributed by atoms with E-state index in [2.05, 4.69) is 30.6 Å². The Bertz CT molecular complexity index is 625. The van der Waals surface area contributed by atoms with Crippen molar-refractivity contribution in [3.8, 4) is 0 Å². The van der Waals surface area contributed by atoms with Crippen LogP contribution in [-0.2, 0) is 12.8 Å². The summed E-state index contributed by atoms with van der Waals surface area (Å²) in [5.41, 5.74) is 4.71. The minimum absolute atomic E-state index is 0.205. The van der Waals surface area contributed by atoms with Crippen LogP contribution in [0, 0.1) is 28.6 Å². The van der Waals surface area contributed by atoms with Gasteiger partial charge in [-0.3, -0.25) is 5.10 Å². The van der Waals surface area contributed by atoms with Gasteiger partial charge in [-0.1, -0.05) is 26.0 Å². The maximum Gasteiger partial charge on any atom is 0.0522 e. The fourth-order valence-corrected chi connectivity index (χ4v) is 5.99. The van der Waals surface area contributed by atoms with Gasteiger partial charge in [-0.15, -0.1) is 0 Å². The summed E-state index contributed by atoms with van der Waals surface area (Å²) in [7, 11) is 1.00. The Morgan fingerprint density at radius 2 is 2.04 bits per heavy atom. The maximum absolute atomic E-state index is 10.1. The number of nitrogens with one attached hydrogen (secondary N) is 1. The number of aromatic nitrogens is 2. The van der Waals surface area contributed by atoms with Crippen molar-refractivity contribution in [3.63, 3.8) is 0 Å². The van der Waals surface area contributed by atoms with Gasteiger partial charge in [0.2, 0.25) is 0 Å². The van der Waals surface area contributed by atoms with E-state index in [-0.39, 0.29) is 5.41 Å². The Hall–Kier alpha value is -1.13. The second-order valence-corrected chi connectivity index (χ2v) is 8.87. The van der Waals surface area contributed by atoms with E-state index in [0.717, 1.165) is 25.9 Å². The third-order valence-corrected chi connectivity index (χ3v) is 8.00. The summed E-state index contributed by atoms with van der Waals surface area (Å²) >= 11 is 0. The summed E-state index contributed by atoms with van der Waals surface area (Å²) < 4.78 is 0. The summed E-state index contributed by atoms with van der Waals surface area (Å²) in [6.07, 6.45) is 10.5. The molecule has 5 atom stereocenters. The molecule has 25 heavy (non-hydrogen) atoms. The molecule has 3 aliphatic rings. The van der Waals surface area contributed by atoms with Crippen LogP contribution in [0.15, 0.2) is 18.3 Å². The van der Waals surface area contributed by atoms with Gasteiger partial charge in [-0.05, 0) is 79.1 Å². The van der Waals surface area contributed by atoms with Crippen LogP contribution in [0.25, 0.3) is 0 Å². The van der Waals surface area contributed by atoms with Crippen molar-refractivity contribution in [1.29, 1.82) is 0 Å². The topological polar surface area (TPSA) is 69.1 Å². The molecular formula is C21H34N2O2. The van der Waals surface area contributed by atoms with Gasteiger partial charge in [0.05, 0.1) is 6.20 Å². The monoisotopic (exact) mass is 346 g/mol. The molecule has 0 amide bonds. The number of allylic oxidation sites excluding steroid dienone is 1. The van der Waals surface area contributed by atoms with E-state index in [4.69, 9.17) is 5.11 Å². The number of hydrogen-bond donors (Lipinski definition) is 3. The maximum atomic E-state index is 10.1. The van der Waals surface area contributed by atoms with E-state index in [0.29, 0.717) is 23.9 Å². The molecule has 0 spiro atoms. The molecule has 0 aromatic carbocycles. The summed E-state index contributed by atoms with van der Waals surface area (Å²) in [5, 5.41) is 24.4. The molecule has 1 aromatic heterocycles. The number of aliphatic hydroxyl groups excluding tert-OH is 2. The lowest BCUT2D eigenvalue weighted by Crippen LogP contribution is -2.47. The largest absolute Gasteiger partial charge is 0.400 e. The third kappa shape index (κ3) is 2.87. The van der Waals surface area contributed by atoms with Crippen LogP contribution in [0.3, 0.4) is 0 Å². The minimum Gasteiger partial charge on any atom is -0.400 e. The summed E-state index contributed by atoms with van der Waals surface area (Å²) in [6, 6.07) is 0. The van der Waals surface area contributed by atoms with E-state index in [1.807, 2.05) is 6.20 Å². The van der Waals surface area contributed by atoms with E-state index in [9.17, 15) is 5.11 Å². The summed E-state index contributed by atoms with van der Waals surface area (Å²) in [4.78, 5) is 0. The molecule has 1 heterocycles. The van der Waals surface area contributed by atoms with Crippen molar-refractivity contribution in [2.24, 2.45) is 28.6 Å². The number of rotatable bonds is 2. The smallest absolute Gasteiger partial charge is 0.0522 e. The molecule has 2 fully saturated rings. The lowest BCUT2D eigenvalue weighted by Gasteiger charge is -2.51. The quantitative estimate of drug-likeness (QED) is 0.718. The van der Waals surface area contributed by atoms with Crippen LogP contribution in [-0.4, -0.2) is 34.1 Å². The molecule has 3 aliphatic carbocycles. The van der Waals surface area contributed by atoms with Gasteiger partial charge < -0.3 is 10.2 Å². The predicted molar refractivity (Wildman–Crippen MR) is 100 cm³/mol. The number of aliphatic hydroxyl groups is 2. The molecule has 0 aliphatic heterocycles. The average molecular weight is 347 g/mol. The fourth-order valence-electron chi connectivity index (χ4n) is 5.99. The van der Waals surface area contributed by atoms with Crippen molar-refractivity contribution in [1.82, 2.24) is 10.2 Å². The lowest BCUT2D eigenvalue weighted by atomic mass is 9.53. The van der Waals surface area contributed by atoms with Gasteiger partial charge in [0.15, 0.2) is 0 Å². The Morgan fingerprint density at radius 3 is 2.76 bits per heavy atom. The Morgan fingerprint density at radius 1 is 1.28 bits per heavy atom. The first-order valence-electron chi connectivity index (χ1n) is 9.72. The number of aromatic amines is 1. The first-order chi connectivity index (χ1) is 12.0. The van der Waals surface area contributed by atoms with Gasteiger partial charge in [0.1, 0.15) is 0 Å². The molecule has 5 unspecified atom stereocenters. The van der Waals surface area contributed by atoms with Crippen molar-refractivity contribution >= 4 is 0 Å². The number of hydrogen-bond acceptors (Lipinski definition) is 3. The van der Waals surface area contributed by atoms with E-state index in [1.54, 1.807) is 0 Å².